The van der Waals surface area contributed by atoms with Crippen molar-refractivity contribution in [2.24, 2.45) is 0 Å². The van der Waals surface area contributed by atoms with Crippen LogP contribution in [0, 0.1) is 0 Å². The summed E-state index contributed by atoms with van der Waals surface area (Å²) < 4.78 is 13.0. The molecular weight excluding hydrogens is 526 g/mol. The largest absolute Gasteiger partial charge is 0.456 e. The molecule has 0 aliphatic heterocycles. The zero-order valence-electron chi connectivity index (χ0n) is 23.2. The van der Waals surface area contributed by atoms with Crippen LogP contribution in [0.15, 0.2) is 160 Å². The fraction of sp³-hybridized carbons (Fsp3) is 0. The first kappa shape index (κ1) is 23.9. The summed E-state index contributed by atoms with van der Waals surface area (Å²) >= 11 is 0. The molecule has 0 aliphatic rings. The molecular formula is C40H25NO2. The highest BCUT2D eigenvalue weighted by Crippen LogP contribution is 2.45. The van der Waals surface area contributed by atoms with Crippen LogP contribution >= 0.6 is 0 Å². The van der Waals surface area contributed by atoms with Gasteiger partial charge in [0.15, 0.2) is 5.58 Å². The van der Waals surface area contributed by atoms with E-state index in [0.29, 0.717) is 0 Å². The summed E-state index contributed by atoms with van der Waals surface area (Å²) in [5, 5.41) is 6.86. The van der Waals surface area contributed by atoms with Crippen molar-refractivity contribution < 1.29 is 8.83 Å². The Kier molecular flexibility index (Phi) is 5.20. The van der Waals surface area contributed by atoms with Crippen LogP contribution in [-0.2, 0) is 0 Å². The molecule has 9 rings (SSSR count). The maximum absolute atomic E-state index is 6.68. The molecule has 3 nitrogen and oxygen atoms in total. The molecule has 0 radical (unpaired) electrons. The highest BCUT2D eigenvalue weighted by Gasteiger charge is 2.21. The van der Waals surface area contributed by atoms with Crippen molar-refractivity contribution in [1.29, 1.82) is 0 Å². The number of para-hydroxylation sites is 2. The van der Waals surface area contributed by atoms with Crippen LogP contribution in [0.2, 0.25) is 0 Å². The van der Waals surface area contributed by atoms with Crippen molar-refractivity contribution in [1.82, 2.24) is 0 Å². The van der Waals surface area contributed by atoms with Gasteiger partial charge in [-0.25, -0.2) is 0 Å². The summed E-state index contributed by atoms with van der Waals surface area (Å²) in [6.07, 6.45) is 0. The molecule has 0 amide bonds. The Morgan fingerprint density at radius 1 is 0.395 bits per heavy atom. The minimum atomic E-state index is 0.852. The van der Waals surface area contributed by atoms with E-state index in [1.165, 1.54) is 21.9 Å². The van der Waals surface area contributed by atoms with Crippen LogP contribution in [0.5, 0.6) is 0 Å². The summed E-state index contributed by atoms with van der Waals surface area (Å²) in [4.78, 5) is 2.27. The molecule has 0 bridgehead atoms. The summed E-state index contributed by atoms with van der Waals surface area (Å²) in [6.45, 7) is 0. The van der Waals surface area contributed by atoms with E-state index in [1.54, 1.807) is 0 Å². The van der Waals surface area contributed by atoms with E-state index in [-0.39, 0.29) is 0 Å². The molecule has 0 aliphatic carbocycles. The fourth-order valence-electron chi connectivity index (χ4n) is 6.44. The van der Waals surface area contributed by atoms with Gasteiger partial charge in [-0.2, -0.15) is 0 Å². The van der Waals surface area contributed by atoms with Gasteiger partial charge in [-0.3, -0.25) is 0 Å². The average Bonchev–Trinajstić information content (AvgIpc) is 3.64. The van der Waals surface area contributed by atoms with Gasteiger partial charge in [-0.1, -0.05) is 103 Å². The molecule has 0 fully saturated rings. The monoisotopic (exact) mass is 551 g/mol. The Labute approximate surface area is 247 Å². The van der Waals surface area contributed by atoms with Crippen molar-refractivity contribution >= 4 is 71.7 Å². The third-order valence-electron chi connectivity index (χ3n) is 8.46. The maximum Gasteiger partial charge on any atom is 0.159 e. The Bertz CT molecular complexity index is 2450. The van der Waals surface area contributed by atoms with Crippen molar-refractivity contribution in [3.63, 3.8) is 0 Å². The number of hydrogen-bond acceptors (Lipinski definition) is 3. The molecule has 43 heavy (non-hydrogen) atoms. The normalized spacial score (nSPS) is 11.7. The van der Waals surface area contributed by atoms with E-state index in [0.717, 1.165) is 60.9 Å². The topological polar surface area (TPSA) is 29.5 Å². The number of benzene rings is 7. The fourth-order valence-corrected chi connectivity index (χ4v) is 6.44. The van der Waals surface area contributed by atoms with Crippen molar-refractivity contribution in [3.05, 3.63) is 152 Å². The molecule has 0 N–H and O–H groups in total. The average molecular weight is 552 g/mol. The molecule has 0 saturated heterocycles. The molecule has 7 aromatic carbocycles. The SMILES string of the molecule is c1ccc(-c2ccc(N(c3ccc4c(c3)oc3ccccc34)c3cccc4c3oc3ccc5ccccc5c34)cc2)cc1. The van der Waals surface area contributed by atoms with E-state index in [4.69, 9.17) is 8.83 Å². The van der Waals surface area contributed by atoms with Gasteiger partial charge in [0, 0.05) is 33.3 Å². The van der Waals surface area contributed by atoms with Gasteiger partial charge < -0.3 is 13.7 Å². The van der Waals surface area contributed by atoms with Crippen LogP contribution in [0.1, 0.15) is 0 Å². The minimum absolute atomic E-state index is 0.852. The Balaban J connectivity index is 1.29. The summed E-state index contributed by atoms with van der Waals surface area (Å²) in [7, 11) is 0. The van der Waals surface area contributed by atoms with Gasteiger partial charge in [0.05, 0.1) is 11.4 Å². The van der Waals surface area contributed by atoms with E-state index < -0.39 is 0 Å². The van der Waals surface area contributed by atoms with E-state index in [2.05, 4.69) is 138 Å². The molecule has 9 aromatic rings. The molecule has 0 spiro atoms. The predicted octanol–water partition coefficient (Wildman–Crippen LogP) is 11.8. The summed E-state index contributed by atoms with van der Waals surface area (Å²) in [5.41, 5.74) is 8.84. The highest BCUT2D eigenvalue weighted by atomic mass is 16.3. The first-order chi connectivity index (χ1) is 21.3. The third-order valence-corrected chi connectivity index (χ3v) is 8.46. The first-order valence-corrected chi connectivity index (χ1v) is 14.5. The molecule has 0 unspecified atom stereocenters. The molecule has 3 heteroatoms. The van der Waals surface area contributed by atoms with Crippen LogP contribution in [0.4, 0.5) is 17.1 Å². The number of furan rings is 2. The van der Waals surface area contributed by atoms with Crippen molar-refractivity contribution in [3.8, 4) is 11.1 Å². The smallest absolute Gasteiger partial charge is 0.159 e. The van der Waals surface area contributed by atoms with Gasteiger partial charge in [-0.15, -0.1) is 0 Å². The molecule has 2 heterocycles. The van der Waals surface area contributed by atoms with Crippen molar-refractivity contribution in [2.45, 2.75) is 0 Å². The summed E-state index contributed by atoms with van der Waals surface area (Å²) in [6, 6.07) is 53.0. The maximum atomic E-state index is 6.68. The molecule has 0 saturated carbocycles. The number of fused-ring (bicyclic) bond motifs is 8. The van der Waals surface area contributed by atoms with E-state index >= 15 is 0 Å². The summed E-state index contributed by atoms with van der Waals surface area (Å²) in [5.74, 6) is 0. The second-order valence-electron chi connectivity index (χ2n) is 10.9. The van der Waals surface area contributed by atoms with Crippen LogP contribution in [0.25, 0.3) is 65.8 Å². The quantitative estimate of drug-likeness (QED) is 0.218. The molecule has 2 aromatic heterocycles. The number of anilines is 3. The van der Waals surface area contributed by atoms with Crippen molar-refractivity contribution in [2.75, 3.05) is 4.90 Å². The third kappa shape index (κ3) is 3.75. The lowest BCUT2D eigenvalue weighted by Gasteiger charge is -2.25. The zero-order chi connectivity index (χ0) is 28.3. The van der Waals surface area contributed by atoms with E-state index in [1.807, 2.05) is 18.2 Å². The number of nitrogens with zero attached hydrogens (tertiary/aromatic N) is 1. The number of rotatable bonds is 4. The van der Waals surface area contributed by atoms with Gasteiger partial charge in [0.1, 0.15) is 16.7 Å². The lowest BCUT2D eigenvalue weighted by Crippen LogP contribution is -2.10. The zero-order valence-corrected chi connectivity index (χ0v) is 23.2. The molecule has 202 valence electrons. The van der Waals surface area contributed by atoms with Gasteiger partial charge in [0.2, 0.25) is 0 Å². The first-order valence-electron chi connectivity index (χ1n) is 14.5. The van der Waals surface area contributed by atoms with Gasteiger partial charge >= 0.3 is 0 Å². The molecule has 0 atom stereocenters. The Morgan fingerprint density at radius 2 is 1.09 bits per heavy atom. The minimum Gasteiger partial charge on any atom is -0.456 e. The number of hydrogen-bond donors (Lipinski definition) is 0. The van der Waals surface area contributed by atoms with E-state index in [9.17, 15) is 0 Å². The predicted molar refractivity (Wildman–Crippen MR) is 179 cm³/mol. The standard InChI is InChI=1S/C40H25NO2/c1-2-9-26(10-3-1)27-17-20-29(21-18-27)41(30-22-23-33-32-13-6-7-16-36(32)42-38(33)25-30)35-15-8-14-34-39-31-12-5-4-11-28(31)19-24-37(39)43-40(34)35/h1-25H. The van der Waals surface area contributed by atoms with Crippen LogP contribution in [-0.4, -0.2) is 0 Å². The lowest BCUT2D eigenvalue weighted by molar-refractivity contribution is 0.667. The lowest BCUT2D eigenvalue weighted by atomic mass is 10.0. The Hall–Kier alpha value is -5.80. The van der Waals surface area contributed by atoms with Gasteiger partial charge in [0.25, 0.3) is 0 Å². The Morgan fingerprint density at radius 3 is 1.98 bits per heavy atom. The van der Waals surface area contributed by atoms with Gasteiger partial charge in [-0.05, 0) is 64.4 Å². The highest BCUT2D eigenvalue weighted by molar-refractivity contribution is 6.21. The van der Waals surface area contributed by atoms with Crippen LogP contribution in [0.3, 0.4) is 0 Å². The second kappa shape index (κ2) is 9.37. The second-order valence-corrected chi connectivity index (χ2v) is 10.9. The van der Waals surface area contributed by atoms with Crippen LogP contribution < -0.4 is 4.90 Å².